The molecule has 2 aromatic rings. The van der Waals surface area contributed by atoms with Crippen LogP contribution < -0.4 is 5.32 Å². The third-order valence-corrected chi connectivity index (χ3v) is 4.08. The quantitative estimate of drug-likeness (QED) is 0.875. The van der Waals surface area contributed by atoms with E-state index in [1.807, 2.05) is 13.0 Å². The highest BCUT2D eigenvalue weighted by atomic mass is 32.2. The van der Waals surface area contributed by atoms with E-state index < -0.39 is 0 Å². The average Bonchev–Trinajstić information content (AvgIpc) is 2.82. The molecule has 1 aromatic carbocycles. The number of aryl methyl sites for hydroxylation is 1. The Labute approximate surface area is 118 Å². The Kier molecular flexibility index (Phi) is 4.49. The summed E-state index contributed by atoms with van der Waals surface area (Å²) < 4.78 is 0.776. The summed E-state index contributed by atoms with van der Waals surface area (Å²) in [7, 11) is 0. The summed E-state index contributed by atoms with van der Waals surface area (Å²) in [4.78, 5) is 11.7. The maximum atomic E-state index is 11.7. The predicted octanol–water partition coefficient (Wildman–Crippen LogP) is 2.45. The molecule has 0 aliphatic carbocycles. The maximum Gasteiger partial charge on any atom is 0.234 e. The zero-order valence-corrected chi connectivity index (χ0v) is 11.7. The van der Waals surface area contributed by atoms with E-state index in [2.05, 4.69) is 15.5 Å². The first-order valence-electron chi connectivity index (χ1n) is 5.40. The van der Waals surface area contributed by atoms with E-state index in [4.69, 9.17) is 5.26 Å². The molecule has 0 saturated heterocycles. The van der Waals surface area contributed by atoms with Crippen LogP contribution in [0.1, 0.15) is 10.6 Å². The zero-order valence-electron chi connectivity index (χ0n) is 10.1. The Bertz CT molecular complexity index is 633. The minimum atomic E-state index is -0.132. The van der Waals surface area contributed by atoms with Gasteiger partial charge in [0.1, 0.15) is 5.01 Å². The first-order chi connectivity index (χ1) is 9.17. The standard InChI is InChI=1S/C12H10N4OS2/c1-8-15-16-12(19-8)18-7-11(17)14-10-4-2-3-9(5-10)6-13/h2-5H,7H2,1H3,(H,14,17). The van der Waals surface area contributed by atoms with Crippen molar-refractivity contribution in [2.45, 2.75) is 11.3 Å². The van der Waals surface area contributed by atoms with Gasteiger partial charge in [-0.3, -0.25) is 4.79 Å². The number of aromatic nitrogens is 2. The smallest absolute Gasteiger partial charge is 0.234 e. The first kappa shape index (κ1) is 13.5. The lowest BCUT2D eigenvalue weighted by atomic mass is 10.2. The SMILES string of the molecule is Cc1nnc(SCC(=O)Nc2cccc(C#N)c2)s1. The number of benzene rings is 1. The number of amides is 1. The molecule has 5 nitrogen and oxygen atoms in total. The van der Waals surface area contributed by atoms with Gasteiger partial charge in [-0.25, -0.2) is 0 Å². The molecule has 0 fully saturated rings. The van der Waals surface area contributed by atoms with Crippen LogP contribution in [0.25, 0.3) is 0 Å². The molecular formula is C12H10N4OS2. The van der Waals surface area contributed by atoms with Gasteiger partial charge in [0.25, 0.3) is 0 Å². The van der Waals surface area contributed by atoms with Crippen molar-refractivity contribution in [2.24, 2.45) is 0 Å². The number of hydrogen-bond acceptors (Lipinski definition) is 6. The van der Waals surface area contributed by atoms with E-state index in [9.17, 15) is 4.79 Å². The fourth-order valence-corrected chi connectivity index (χ4v) is 2.94. The van der Waals surface area contributed by atoms with Crippen LogP contribution in [0, 0.1) is 18.3 Å². The van der Waals surface area contributed by atoms with Crippen molar-refractivity contribution in [1.29, 1.82) is 5.26 Å². The molecule has 1 N–H and O–H groups in total. The van der Waals surface area contributed by atoms with Crippen molar-refractivity contribution in [3.8, 4) is 6.07 Å². The second-order valence-corrected chi connectivity index (χ2v) is 6.02. The molecule has 0 unspecified atom stereocenters. The molecule has 0 bridgehead atoms. The highest BCUT2D eigenvalue weighted by molar-refractivity contribution is 8.01. The number of nitriles is 1. The molecule has 0 aliphatic rings. The lowest BCUT2D eigenvalue weighted by Gasteiger charge is -2.03. The molecule has 1 aromatic heterocycles. The monoisotopic (exact) mass is 290 g/mol. The highest BCUT2D eigenvalue weighted by Gasteiger charge is 2.07. The number of carbonyl (C=O) groups is 1. The van der Waals surface area contributed by atoms with Crippen LogP contribution in [0.15, 0.2) is 28.6 Å². The van der Waals surface area contributed by atoms with Crippen LogP contribution in [0.5, 0.6) is 0 Å². The van der Waals surface area contributed by atoms with Crippen molar-refractivity contribution in [2.75, 3.05) is 11.1 Å². The zero-order chi connectivity index (χ0) is 13.7. The molecule has 7 heteroatoms. The van der Waals surface area contributed by atoms with E-state index >= 15 is 0 Å². The number of thioether (sulfide) groups is 1. The van der Waals surface area contributed by atoms with Gasteiger partial charge in [0.05, 0.1) is 17.4 Å². The van der Waals surface area contributed by atoms with Gasteiger partial charge >= 0.3 is 0 Å². The summed E-state index contributed by atoms with van der Waals surface area (Å²) in [6, 6.07) is 8.83. The molecule has 96 valence electrons. The van der Waals surface area contributed by atoms with Crippen molar-refractivity contribution in [3.63, 3.8) is 0 Å². The van der Waals surface area contributed by atoms with Crippen LogP contribution in [0.4, 0.5) is 5.69 Å². The fourth-order valence-electron chi connectivity index (χ4n) is 1.33. The summed E-state index contributed by atoms with van der Waals surface area (Å²) >= 11 is 2.81. The Hall–Kier alpha value is -1.91. The molecule has 0 saturated carbocycles. The summed E-state index contributed by atoms with van der Waals surface area (Å²) in [5.41, 5.74) is 1.14. The van der Waals surface area contributed by atoms with Crippen LogP contribution in [0.3, 0.4) is 0 Å². The maximum absolute atomic E-state index is 11.7. The lowest BCUT2D eigenvalue weighted by Crippen LogP contribution is -2.13. The van der Waals surface area contributed by atoms with Gasteiger partial charge in [0.15, 0.2) is 4.34 Å². The number of carbonyl (C=O) groups excluding carboxylic acids is 1. The molecule has 0 aliphatic heterocycles. The van der Waals surface area contributed by atoms with Gasteiger partial charge in [0, 0.05) is 5.69 Å². The Morgan fingerprint density at radius 2 is 2.37 bits per heavy atom. The van der Waals surface area contributed by atoms with Crippen molar-refractivity contribution >= 4 is 34.7 Å². The number of nitrogens with one attached hydrogen (secondary N) is 1. The van der Waals surface area contributed by atoms with E-state index in [1.54, 1.807) is 24.3 Å². The molecule has 2 rings (SSSR count). The lowest BCUT2D eigenvalue weighted by molar-refractivity contribution is -0.113. The van der Waals surface area contributed by atoms with Crippen molar-refractivity contribution in [1.82, 2.24) is 10.2 Å². The van der Waals surface area contributed by atoms with Gasteiger partial charge in [-0.1, -0.05) is 29.2 Å². The second-order valence-electron chi connectivity index (χ2n) is 3.62. The van der Waals surface area contributed by atoms with Gasteiger partial charge in [-0.05, 0) is 25.1 Å². The van der Waals surface area contributed by atoms with E-state index in [0.717, 1.165) is 9.35 Å². The largest absolute Gasteiger partial charge is 0.325 e. The highest BCUT2D eigenvalue weighted by Crippen LogP contribution is 2.21. The molecule has 0 radical (unpaired) electrons. The number of anilines is 1. The minimum absolute atomic E-state index is 0.132. The minimum Gasteiger partial charge on any atom is -0.325 e. The van der Waals surface area contributed by atoms with E-state index in [0.29, 0.717) is 11.3 Å². The first-order valence-corrected chi connectivity index (χ1v) is 7.20. The van der Waals surface area contributed by atoms with Crippen LogP contribution in [-0.4, -0.2) is 21.9 Å². The summed E-state index contributed by atoms with van der Waals surface area (Å²) in [6.07, 6.45) is 0. The average molecular weight is 290 g/mol. The second kappa shape index (κ2) is 6.31. The molecular weight excluding hydrogens is 280 g/mol. The molecule has 0 spiro atoms. The third-order valence-electron chi connectivity index (χ3n) is 2.11. The molecule has 0 atom stereocenters. The van der Waals surface area contributed by atoms with Gasteiger partial charge in [-0.15, -0.1) is 10.2 Å². The predicted molar refractivity (Wildman–Crippen MR) is 75.2 cm³/mol. The van der Waals surface area contributed by atoms with Crippen LogP contribution in [0.2, 0.25) is 0 Å². The topological polar surface area (TPSA) is 78.7 Å². The van der Waals surface area contributed by atoms with Gasteiger partial charge in [-0.2, -0.15) is 5.26 Å². The summed E-state index contributed by atoms with van der Waals surface area (Å²) in [5.74, 6) is 0.138. The number of nitrogens with zero attached hydrogens (tertiary/aromatic N) is 3. The van der Waals surface area contributed by atoms with Crippen molar-refractivity contribution in [3.05, 3.63) is 34.8 Å². The van der Waals surface area contributed by atoms with Crippen molar-refractivity contribution < 1.29 is 4.79 Å². The molecule has 1 amide bonds. The summed E-state index contributed by atoms with van der Waals surface area (Å²) in [6.45, 7) is 1.87. The van der Waals surface area contributed by atoms with Crippen LogP contribution in [-0.2, 0) is 4.79 Å². The third kappa shape index (κ3) is 4.05. The fraction of sp³-hybridized carbons (Fsp3) is 0.167. The normalized spacial score (nSPS) is 9.89. The molecule has 19 heavy (non-hydrogen) atoms. The number of hydrogen-bond donors (Lipinski definition) is 1. The Morgan fingerprint density at radius 3 is 3.05 bits per heavy atom. The number of rotatable bonds is 4. The Balaban J connectivity index is 1.89. The van der Waals surface area contributed by atoms with Crippen LogP contribution >= 0.6 is 23.1 Å². The summed E-state index contributed by atoms with van der Waals surface area (Å²) in [5, 5.41) is 20.2. The van der Waals surface area contributed by atoms with E-state index in [-0.39, 0.29) is 11.7 Å². The Morgan fingerprint density at radius 1 is 1.53 bits per heavy atom. The van der Waals surface area contributed by atoms with Gasteiger partial charge < -0.3 is 5.32 Å². The van der Waals surface area contributed by atoms with Gasteiger partial charge in [0.2, 0.25) is 5.91 Å². The van der Waals surface area contributed by atoms with E-state index in [1.165, 1.54) is 23.1 Å². The molecule has 1 heterocycles.